The Labute approximate surface area is 220 Å². The second-order valence-corrected chi connectivity index (χ2v) is 9.80. The molecule has 0 aliphatic carbocycles. The molecular formula is C26H20BrClN2O4S. The van der Waals surface area contributed by atoms with Crippen molar-refractivity contribution in [3.05, 3.63) is 97.8 Å². The van der Waals surface area contributed by atoms with Crippen LogP contribution < -0.4 is 4.74 Å². The Bertz CT molecular complexity index is 1340. The quantitative estimate of drug-likeness (QED) is 0.309. The first-order chi connectivity index (χ1) is 16.9. The second kappa shape index (κ2) is 11.1. The minimum atomic E-state index is -1.00. The number of benzene rings is 3. The summed E-state index contributed by atoms with van der Waals surface area (Å²) >= 11 is 11.0. The Morgan fingerprint density at radius 3 is 2.60 bits per heavy atom. The van der Waals surface area contributed by atoms with Crippen LogP contribution in [0.2, 0.25) is 5.02 Å². The fourth-order valence-electron chi connectivity index (χ4n) is 3.33. The van der Waals surface area contributed by atoms with Crippen LogP contribution in [0.5, 0.6) is 5.75 Å². The summed E-state index contributed by atoms with van der Waals surface area (Å²) in [6.45, 7) is 2.62. The van der Waals surface area contributed by atoms with E-state index in [1.165, 1.54) is 23.9 Å². The Hall–Kier alpha value is -3.07. The number of hydrogen-bond acceptors (Lipinski definition) is 5. The summed E-state index contributed by atoms with van der Waals surface area (Å²) in [5, 5.41) is 10.2. The molecule has 1 saturated heterocycles. The summed E-state index contributed by atoms with van der Waals surface area (Å²) in [7, 11) is 0. The first-order valence-corrected chi connectivity index (χ1v) is 12.6. The lowest BCUT2D eigenvalue weighted by Gasteiger charge is -2.12. The summed E-state index contributed by atoms with van der Waals surface area (Å²) in [5.74, 6) is -0.543. The molecule has 178 valence electrons. The van der Waals surface area contributed by atoms with Crippen molar-refractivity contribution in [3.63, 3.8) is 0 Å². The normalized spacial score (nSPS) is 15.7. The molecule has 1 heterocycles. The van der Waals surface area contributed by atoms with Gasteiger partial charge in [-0.1, -0.05) is 45.7 Å². The molecule has 4 rings (SSSR count). The number of halogens is 2. The van der Waals surface area contributed by atoms with Crippen LogP contribution in [0.3, 0.4) is 0 Å². The van der Waals surface area contributed by atoms with Crippen molar-refractivity contribution in [1.82, 2.24) is 4.90 Å². The molecule has 1 N–H and O–H groups in total. The van der Waals surface area contributed by atoms with Gasteiger partial charge in [0.15, 0.2) is 5.17 Å². The highest BCUT2D eigenvalue weighted by Gasteiger charge is 2.32. The second-order valence-electron chi connectivity index (χ2n) is 7.47. The molecule has 1 aliphatic rings. The zero-order valence-electron chi connectivity index (χ0n) is 18.6. The highest BCUT2D eigenvalue weighted by molar-refractivity contribution is 9.10. The third kappa shape index (κ3) is 5.96. The zero-order chi connectivity index (χ0) is 24.9. The van der Waals surface area contributed by atoms with E-state index in [9.17, 15) is 9.59 Å². The van der Waals surface area contributed by atoms with Crippen LogP contribution in [-0.2, 0) is 11.4 Å². The maximum absolute atomic E-state index is 13.1. The van der Waals surface area contributed by atoms with E-state index >= 15 is 0 Å². The van der Waals surface area contributed by atoms with Gasteiger partial charge >= 0.3 is 5.97 Å². The van der Waals surface area contributed by atoms with E-state index in [1.807, 2.05) is 49.4 Å². The minimum absolute atomic E-state index is 0.157. The number of amides is 1. The van der Waals surface area contributed by atoms with E-state index in [0.717, 1.165) is 15.6 Å². The molecule has 3 aromatic carbocycles. The highest BCUT2D eigenvalue weighted by Crippen LogP contribution is 2.36. The smallest absolute Gasteiger partial charge is 0.335 e. The molecule has 0 bridgehead atoms. The number of hydrogen-bond donors (Lipinski definition) is 1. The fraction of sp³-hybridized carbons (Fsp3) is 0.115. The summed E-state index contributed by atoms with van der Waals surface area (Å²) in [4.78, 5) is 30.9. The molecule has 1 aliphatic heterocycles. The van der Waals surface area contributed by atoms with E-state index in [4.69, 9.17) is 21.4 Å². The van der Waals surface area contributed by atoms with Gasteiger partial charge in [0.1, 0.15) is 12.4 Å². The number of rotatable bonds is 7. The molecule has 0 atom stereocenters. The van der Waals surface area contributed by atoms with Crippen LogP contribution in [0.4, 0.5) is 5.69 Å². The number of thioether (sulfide) groups is 1. The van der Waals surface area contributed by atoms with Crippen LogP contribution in [0, 0.1) is 0 Å². The van der Waals surface area contributed by atoms with Crippen LogP contribution >= 0.6 is 39.3 Å². The van der Waals surface area contributed by atoms with Crippen molar-refractivity contribution in [2.45, 2.75) is 13.5 Å². The van der Waals surface area contributed by atoms with Gasteiger partial charge in [-0.2, -0.15) is 0 Å². The maximum atomic E-state index is 13.1. The number of likely N-dealkylation sites (N-methyl/N-ethyl adjacent to an activating group) is 1. The van der Waals surface area contributed by atoms with E-state index in [-0.39, 0.29) is 11.5 Å². The average Bonchev–Trinajstić information content (AvgIpc) is 3.13. The summed E-state index contributed by atoms with van der Waals surface area (Å²) in [5.41, 5.74) is 2.35. The van der Waals surface area contributed by atoms with Gasteiger partial charge in [-0.15, -0.1) is 0 Å². The molecule has 6 nitrogen and oxygen atoms in total. The van der Waals surface area contributed by atoms with Crippen LogP contribution in [-0.4, -0.2) is 33.6 Å². The van der Waals surface area contributed by atoms with E-state index in [1.54, 1.807) is 23.1 Å². The van der Waals surface area contributed by atoms with Crippen molar-refractivity contribution in [1.29, 1.82) is 0 Å². The molecule has 0 radical (unpaired) electrons. The number of amidine groups is 1. The number of aromatic carboxylic acids is 1. The lowest BCUT2D eigenvalue weighted by molar-refractivity contribution is -0.122. The van der Waals surface area contributed by atoms with E-state index in [0.29, 0.717) is 39.7 Å². The number of carboxylic acid groups (broad SMARTS) is 1. The first kappa shape index (κ1) is 25.0. The Balaban J connectivity index is 1.61. The predicted molar refractivity (Wildman–Crippen MR) is 143 cm³/mol. The number of aliphatic imine (C=N–C) groups is 1. The molecule has 0 spiro atoms. The summed E-state index contributed by atoms with van der Waals surface area (Å²) in [6, 6.07) is 19.3. The molecule has 35 heavy (non-hydrogen) atoms. The number of nitrogens with zero attached hydrogens (tertiary/aromatic N) is 2. The van der Waals surface area contributed by atoms with Gasteiger partial charge in [-0.05, 0) is 73.3 Å². The monoisotopic (exact) mass is 570 g/mol. The lowest BCUT2D eigenvalue weighted by atomic mass is 10.1. The van der Waals surface area contributed by atoms with Crippen molar-refractivity contribution >= 4 is 68.1 Å². The molecule has 0 aromatic heterocycles. The topological polar surface area (TPSA) is 79.2 Å². The highest BCUT2D eigenvalue weighted by atomic mass is 79.9. The van der Waals surface area contributed by atoms with Gasteiger partial charge in [0.25, 0.3) is 5.91 Å². The SMILES string of the molecule is CCN1C(=O)/C(=C\c2cc(Br)ccc2OCc2ccccc2Cl)SC1=Nc1ccc(C(=O)O)cc1. The molecule has 1 amide bonds. The Morgan fingerprint density at radius 2 is 1.91 bits per heavy atom. The van der Waals surface area contributed by atoms with Crippen LogP contribution in [0.15, 0.2) is 81.1 Å². The molecule has 3 aromatic rings. The zero-order valence-corrected chi connectivity index (χ0v) is 21.7. The predicted octanol–water partition coefficient (Wildman–Crippen LogP) is 7.00. The molecular weight excluding hydrogens is 552 g/mol. The first-order valence-electron chi connectivity index (χ1n) is 10.6. The van der Waals surface area contributed by atoms with Crippen LogP contribution in [0.1, 0.15) is 28.4 Å². The third-order valence-electron chi connectivity index (χ3n) is 5.14. The van der Waals surface area contributed by atoms with Gasteiger partial charge in [-0.25, -0.2) is 9.79 Å². The van der Waals surface area contributed by atoms with Crippen molar-refractivity contribution in [2.75, 3.05) is 6.54 Å². The number of carbonyl (C=O) groups excluding carboxylic acids is 1. The standard InChI is InChI=1S/C26H20BrClN2O4S/c1-2-30-24(31)23(35-26(30)29-20-10-7-16(8-11-20)25(32)33)14-18-13-19(27)9-12-22(18)34-15-17-5-3-4-6-21(17)28/h3-14H,2,15H2,1H3,(H,32,33)/b23-14+,29-26?. The lowest BCUT2D eigenvalue weighted by Crippen LogP contribution is -2.28. The van der Waals surface area contributed by atoms with Gasteiger partial charge in [0.05, 0.1) is 16.2 Å². The van der Waals surface area contributed by atoms with Crippen LogP contribution in [0.25, 0.3) is 6.08 Å². The van der Waals surface area contributed by atoms with Gasteiger partial charge in [-0.3, -0.25) is 9.69 Å². The number of ether oxygens (including phenoxy) is 1. The Morgan fingerprint density at radius 1 is 1.17 bits per heavy atom. The maximum Gasteiger partial charge on any atom is 0.335 e. The number of carbonyl (C=O) groups is 2. The largest absolute Gasteiger partial charge is 0.488 e. The molecule has 0 saturated carbocycles. The Kier molecular flexibility index (Phi) is 7.95. The summed E-state index contributed by atoms with van der Waals surface area (Å²) in [6.07, 6.45) is 1.79. The van der Waals surface area contributed by atoms with Crippen molar-refractivity contribution < 1.29 is 19.4 Å². The van der Waals surface area contributed by atoms with Gasteiger partial charge in [0, 0.05) is 27.2 Å². The summed E-state index contributed by atoms with van der Waals surface area (Å²) < 4.78 is 6.90. The number of carboxylic acids is 1. The van der Waals surface area contributed by atoms with E-state index in [2.05, 4.69) is 20.9 Å². The molecule has 1 fully saturated rings. The molecule has 0 unspecified atom stereocenters. The van der Waals surface area contributed by atoms with E-state index < -0.39 is 5.97 Å². The van der Waals surface area contributed by atoms with Gasteiger partial charge in [0.2, 0.25) is 0 Å². The van der Waals surface area contributed by atoms with Gasteiger partial charge < -0.3 is 9.84 Å². The third-order valence-corrected chi connectivity index (χ3v) is 7.01. The molecule has 9 heteroatoms. The minimum Gasteiger partial charge on any atom is -0.488 e. The average molecular weight is 572 g/mol. The fourth-order valence-corrected chi connectivity index (χ4v) is 4.96. The van der Waals surface area contributed by atoms with Crippen molar-refractivity contribution in [2.24, 2.45) is 4.99 Å². The van der Waals surface area contributed by atoms with Crippen molar-refractivity contribution in [3.8, 4) is 5.75 Å².